The number of furan rings is 1. The third-order valence-corrected chi connectivity index (χ3v) is 2.34. The number of aliphatic hydroxyl groups is 4. The molecule has 1 atom stereocenters. The molecule has 0 aliphatic carbocycles. The fourth-order valence-electron chi connectivity index (χ4n) is 1.16. The Bertz CT molecular complexity index is 244. The van der Waals surface area contributed by atoms with E-state index in [0.717, 1.165) is 0 Å². The maximum absolute atomic E-state index is 9.75. The van der Waals surface area contributed by atoms with Crippen molar-refractivity contribution in [2.45, 2.75) is 6.10 Å². The average Bonchev–Trinajstić information content (AvgIpc) is 2.74. The van der Waals surface area contributed by atoms with Gasteiger partial charge in [0.2, 0.25) is 0 Å². The lowest BCUT2D eigenvalue weighted by Gasteiger charge is -2.31. The Labute approximate surface area is 81.2 Å². The number of aliphatic hydroxyl groups excluding tert-OH is 4. The molecule has 0 aliphatic heterocycles. The lowest BCUT2D eigenvalue weighted by molar-refractivity contribution is -0.0926. The van der Waals surface area contributed by atoms with E-state index in [1.807, 2.05) is 0 Å². The van der Waals surface area contributed by atoms with Gasteiger partial charge in [-0.3, -0.25) is 0 Å². The first kappa shape index (κ1) is 11.2. The van der Waals surface area contributed by atoms with Gasteiger partial charge in [0.15, 0.2) is 0 Å². The van der Waals surface area contributed by atoms with Gasteiger partial charge in [-0.15, -0.1) is 0 Å². The summed E-state index contributed by atoms with van der Waals surface area (Å²) in [4.78, 5) is 0. The number of hydrogen-bond donors (Lipinski definition) is 4. The predicted molar refractivity (Wildman–Crippen MR) is 47.4 cm³/mol. The van der Waals surface area contributed by atoms with Crippen LogP contribution in [0.2, 0.25) is 0 Å². The summed E-state index contributed by atoms with van der Waals surface area (Å²) in [6, 6.07) is 3.09. The summed E-state index contributed by atoms with van der Waals surface area (Å²) in [6.07, 6.45) is 0.146. The highest BCUT2D eigenvalue weighted by Gasteiger charge is 2.39. The largest absolute Gasteiger partial charge is 0.467 e. The highest BCUT2D eigenvalue weighted by atomic mass is 16.4. The lowest BCUT2D eigenvalue weighted by Crippen LogP contribution is -2.40. The van der Waals surface area contributed by atoms with Crippen LogP contribution in [0, 0.1) is 5.41 Å². The monoisotopic (exact) mass is 202 g/mol. The maximum Gasteiger partial charge on any atom is 0.133 e. The molecule has 1 aromatic rings. The third-order valence-electron chi connectivity index (χ3n) is 2.34. The Morgan fingerprint density at radius 2 is 1.79 bits per heavy atom. The van der Waals surface area contributed by atoms with Crippen LogP contribution in [-0.2, 0) is 0 Å². The Morgan fingerprint density at radius 1 is 1.21 bits per heavy atom. The SMILES string of the molecule is OCC(CO)(CO)C(O)c1ccco1. The fourth-order valence-corrected chi connectivity index (χ4v) is 1.16. The third kappa shape index (κ3) is 1.80. The minimum atomic E-state index is -1.36. The molecule has 1 rings (SSSR count). The topological polar surface area (TPSA) is 94.1 Å². The molecule has 0 amide bonds. The van der Waals surface area contributed by atoms with Crippen LogP contribution in [-0.4, -0.2) is 40.2 Å². The Morgan fingerprint density at radius 3 is 2.14 bits per heavy atom. The van der Waals surface area contributed by atoms with Crippen molar-refractivity contribution in [2.75, 3.05) is 19.8 Å². The molecule has 0 aliphatic rings. The molecule has 5 nitrogen and oxygen atoms in total. The van der Waals surface area contributed by atoms with Gasteiger partial charge < -0.3 is 24.8 Å². The number of rotatable bonds is 5. The Kier molecular flexibility index (Phi) is 3.65. The summed E-state index contributed by atoms with van der Waals surface area (Å²) >= 11 is 0. The molecule has 1 unspecified atom stereocenters. The van der Waals surface area contributed by atoms with Gasteiger partial charge in [-0.1, -0.05) is 0 Å². The van der Waals surface area contributed by atoms with Crippen LogP contribution in [0.4, 0.5) is 0 Å². The first-order chi connectivity index (χ1) is 6.70. The minimum absolute atomic E-state index is 0.210. The molecule has 1 heterocycles. The van der Waals surface area contributed by atoms with Gasteiger partial charge in [0.25, 0.3) is 0 Å². The van der Waals surface area contributed by atoms with Crippen LogP contribution in [0.15, 0.2) is 22.8 Å². The normalized spacial score (nSPS) is 14.3. The first-order valence-corrected chi connectivity index (χ1v) is 4.24. The smallest absolute Gasteiger partial charge is 0.133 e. The molecular weight excluding hydrogens is 188 g/mol. The van der Waals surface area contributed by atoms with E-state index in [2.05, 4.69) is 0 Å². The fraction of sp³-hybridized carbons (Fsp3) is 0.556. The molecule has 0 fully saturated rings. The van der Waals surface area contributed by atoms with E-state index in [1.165, 1.54) is 12.3 Å². The van der Waals surface area contributed by atoms with Gasteiger partial charge in [0.05, 0.1) is 31.5 Å². The molecule has 0 saturated heterocycles. The summed E-state index contributed by atoms with van der Waals surface area (Å²) in [5.74, 6) is 0.210. The van der Waals surface area contributed by atoms with Gasteiger partial charge >= 0.3 is 0 Å². The zero-order chi connectivity index (χ0) is 10.6. The van der Waals surface area contributed by atoms with Gasteiger partial charge in [0.1, 0.15) is 11.9 Å². The molecule has 0 spiro atoms. The zero-order valence-electron chi connectivity index (χ0n) is 7.63. The van der Waals surface area contributed by atoms with E-state index in [1.54, 1.807) is 6.07 Å². The number of hydrogen-bond acceptors (Lipinski definition) is 5. The van der Waals surface area contributed by atoms with E-state index in [-0.39, 0.29) is 5.76 Å². The Hall–Kier alpha value is -0.880. The second-order valence-electron chi connectivity index (χ2n) is 3.25. The minimum Gasteiger partial charge on any atom is -0.467 e. The summed E-state index contributed by atoms with van der Waals surface area (Å²) in [5.41, 5.74) is -1.36. The summed E-state index contributed by atoms with van der Waals surface area (Å²) in [6.45, 7) is -1.58. The van der Waals surface area contributed by atoms with Crippen molar-refractivity contribution >= 4 is 0 Å². The van der Waals surface area contributed by atoms with Crippen molar-refractivity contribution in [3.05, 3.63) is 24.2 Å². The maximum atomic E-state index is 9.75. The zero-order valence-corrected chi connectivity index (χ0v) is 7.63. The molecule has 80 valence electrons. The van der Waals surface area contributed by atoms with Crippen molar-refractivity contribution in [2.24, 2.45) is 5.41 Å². The highest BCUT2D eigenvalue weighted by Crippen LogP contribution is 2.33. The van der Waals surface area contributed by atoms with Crippen LogP contribution in [0.25, 0.3) is 0 Å². The molecule has 1 aromatic heterocycles. The Balaban J connectivity index is 2.89. The van der Waals surface area contributed by atoms with Crippen LogP contribution in [0.3, 0.4) is 0 Å². The predicted octanol–water partition coefficient (Wildman–Crippen LogP) is -0.724. The van der Waals surface area contributed by atoms with E-state index in [0.29, 0.717) is 0 Å². The second kappa shape index (κ2) is 4.56. The molecule has 0 radical (unpaired) electrons. The lowest BCUT2D eigenvalue weighted by atomic mass is 9.83. The van der Waals surface area contributed by atoms with Crippen molar-refractivity contribution < 1.29 is 24.8 Å². The molecule has 0 saturated carbocycles. The van der Waals surface area contributed by atoms with E-state index < -0.39 is 31.3 Å². The van der Waals surface area contributed by atoms with Crippen molar-refractivity contribution in [3.63, 3.8) is 0 Å². The van der Waals surface area contributed by atoms with Crippen LogP contribution in [0.5, 0.6) is 0 Å². The second-order valence-corrected chi connectivity index (χ2v) is 3.25. The quantitative estimate of drug-likeness (QED) is 0.505. The molecular formula is C9H14O5. The van der Waals surface area contributed by atoms with Gasteiger partial charge in [-0.25, -0.2) is 0 Å². The summed E-state index contributed by atoms with van der Waals surface area (Å²) < 4.78 is 4.92. The summed E-state index contributed by atoms with van der Waals surface area (Å²) in [5, 5.41) is 36.8. The first-order valence-electron chi connectivity index (χ1n) is 4.24. The molecule has 0 bridgehead atoms. The van der Waals surface area contributed by atoms with E-state index >= 15 is 0 Å². The van der Waals surface area contributed by atoms with Crippen LogP contribution in [0.1, 0.15) is 11.9 Å². The molecule has 0 aromatic carbocycles. The summed E-state index contributed by atoms with van der Waals surface area (Å²) in [7, 11) is 0. The van der Waals surface area contributed by atoms with Gasteiger partial charge in [-0.2, -0.15) is 0 Å². The van der Waals surface area contributed by atoms with Crippen molar-refractivity contribution in [1.82, 2.24) is 0 Å². The average molecular weight is 202 g/mol. The molecule has 14 heavy (non-hydrogen) atoms. The standard InChI is InChI=1S/C9H14O5/c10-4-9(5-11,6-12)8(13)7-2-1-3-14-7/h1-3,8,10-13H,4-6H2. The molecule has 5 heteroatoms. The van der Waals surface area contributed by atoms with Gasteiger partial charge in [0, 0.05) is 0 Å². The van der Waals surface area contributed by atoms with Crippen LogP contribution < -0.4 is 0 Å². The highest BCUT2D eigenvalue weighted by molar-refractivity contribution is 5.07. The molecule has 4 N–H and O–H groups in total. The van der Waals surface area contributed by atoms with Crippen LogP contribution >= 0.6 is 0 Å². The van der Waals surface area contributed by atoms with E-state index in [9.17, 15) is 5.11 Å². The van der Waals surface area contributed by atoms with Crippen molar-refractivity contribution in [3.8, 4) is 0 Å². The van der Waals surface area contributed by atoms with Crippen molar-refractivity contribution in [1.29, 1.82) is 0 Å². The van der Waals surface area contributed by atoms with E-state index in [4.69, 9.17) is 19.7 Å². The van der Waals surface area contributed by atoms with Gasteiger partial charge in [-0.05, 0) is 12.1 Å².